The summed E-state index contributed by atoms with van der Waals surface area (Å²) in [7, 11) is 0. The van der Waals surface area contributed by atoms with Crippen molar-refractivity contribution < 1.29 is 4.42 Å². The lowest BCUT2D eigenvalue weighted by molar-refractivity contribution is 0.673. The molecule has 0 radical (unpaired) electrons. The first-order chi connectivity index (χ1) is 27.8. The molecule has 0 unspecified atom stereocenters. The first-order valence-electron chi connectivity index (χ1n) is 18.9. The Bertz CT molecular complexity index is 3420. The van der Waals surface area contributed by atoms with Gasteiger partial charge in [0.25, 0.3) is 0 Å². The Morgan fingerprint density at radius 2 is 0.804 bits per heavy atom. The molecule has 0 aliphatic heterocycles. The van der Waals surface area contributed by atoms with Crippen LogP contribution in [0.3, 0.4) is 0 Å². The van der Waals surface area contributed by atoms with Crippen LogP contribution >= 0.6 is 0 Å². The van der Waals surface area contributed by atoms with Gasteiger partial charge in [0.05, 0.1) is 44.5 Å². The van der Waals surface area contributed by atoms with Crippen LogP contribution in [0.15, 0.2) is 192 Å². The first kappa shape index (κ1) is 30.7. The summed E-state index contributed by atoms with van der Waals surface area (Å²) in [4.78, 5) is 0. The van der Waals surface area contributed by atoms with Gasteiger partial charge in [0.2, 0.25) is 0 Å². The van der Waals surface area contributed by atoms with Gasteiger partial charge < -0.3 is 13.6 Å². The predicted octanol–water partition coefficient (Wildman–Crippen LogP) is 12.7. The zero-order valence-corrected chi connectivity index (χ0v) is 30.0. The van der Waals surface area contributed by atoms with Crippen molar-refractivity contribution in [1.29, 1.82) is 0 Å². The third-order valence-electron chi connectivity index (χ3n) is 11.2. The van der Waals surface area contributed by atoms with Gasteiger partial charge in [0.1, 0.15) is 11.2 Å². The molecule has 12 aromatic rings. The Kier molecular flexibility index (Phi) is 6.53. The number of hydrogen-bond acceptors (Lipinski definition) is 3. The maximum absolute atomic E-state index is 6.64. The Morgan fingerprint density at radius 1 is 0.321 bits per heavy atom. The largest absolute Gasteiger partial charge is 0.455 e. The fourth-order valence-corrected chi connectivity index (χ4v) is 8.84. The molecule has 6 heteroatoms. The Hall–Kier alpha value is -7.70. The summed E-state index contributed by atoms with van der Waals surface area (Å²) in [6, 6.07) is 66.1. The maximum atomic E-state index is 6.64. The number of rotatable bonds is 5. The van der Waals surface area contributed by atoms with Crippen LogP contribution in [0.1, 0.15) is 0 Å². The van der Waals surface area contributed by atoms with Gasteiger partial charge in [-0.2, -0.15) is 0 Å². The topological polar surface area (TPSA) is 53.7 Å². The van der Waals surface area contributed by atoms with Crippen molar-refractivity contribution >= 4 is 65.6 Å². The second-order valence-corrected chi connectivity index (χ2v) is 14.2. The normalized spacial score (nSPS) is 11.9. The molecule has 0 aliphatic rings. The minimum absolute atomic E-state index is 0.788. The molecule has 4 aromatic heterocycles. The van der Waals surface area contributed by atoms with Crippen molar-refractivity contribution in [3.63, 3.8) is 0 Å². The molecular formula is C50H31N5O. The molecule has 0 saturated carbocycles. The lowest BCUT2D eigenvalue weighted by Crippen LogP contribution is -2.04. The molecule has 4 heterocycles. The zero-order chi connectivity index (χ0) is 36.7. The molecule has 0 atom stereocenters. The minimum atomic E-state index is 0.788. The van der Waals surface area contributed by atoms with Crippen molar-refractivity contribution in [3.8, 4) is 39.8 Å². The molecule has 56 heavy (non-hydrogen) atoms. The van der Waals surface area contributed by atoms with Crippen molar-refractivity contribution in [3.05, 3.63) is 188 Å². The lowest BCUT2D eigenvalue weighted by atomic mass is 10.1. The van der Waals surface area contributed by atoms with Crippen LogP contribution in [0.4, 0.5) is 0 Å². The van der Waals surface area contributed by atoms with E-state index >= 15 is 0 Å². The number of para-hydroxylation sites is 5. The van der Waals surface area contributed by atoms with Crippen LogP contribution in [-0.4, -0.2) is 23.9 Å². The summed E-state index contributed by atoms with van der Waals surface area (Å²) in [6.45, 7) is 0. The van der Waals surface area contributed by atoms with E-state index in [4.69, 9.17) is 14.6 Å². The van der Waals surface area contributed by atoms with Crippen LogP contribution in [0, 0.1) is 0 Å². The van der Waals surface area contributed by atoms with Gasteiger partial charge in [0.15, 0.2) is 11.6 Å². The van der Waals surface area contributed by atoms with Crippen LogP contribution in [0.5, 0.6) is 0 Å². The molecule has 0 N–H and O–H groups in total. The Balaban J connectivity index is 1.17. The van der Waals surface area contributed by atoms with E-state index in [0.29, 0.717) is 0 Å². The van der Waals surface area contributed by atoms with E-state index < -0.39 is 0 Å². The van der Waals surface area contributed by atoms with E-state index in [0.717, 1.165) is 105 Å². The molecule has 0 fully saturated rings. The average molecular weight is 718 g/mol. The fourth-order valence-electron chi connectivity index (χ4n) is 8.84. The number of furan rings is 1. The highest BCUT2D eigenvalue weighted by molar-refractivity contribution is 6.24. The summed E-state index contributed by atoms with van der Waals surface area (Å²) < 4.78 is 13.7. The van der Waals surface area contributed by atoms with Crippen LogP contribution < -0.4 is 0 Å². The Labute approximate surface area is 320 Å². The van der Waals surface area contributed by atoms with Gasteiger partial charge in [-0.25, -0.2) is 0 Å². The SMILES string of the molecule is c1ccc(-c2nnc(-c3ccccc3)n2-c2cccc3c2c2ccccc2n3-c2ccccc2-n2c3ccccc3c3c4oc5ccccc5c4ccc32)cc1. The van der Waals surface area contributed by atoms with E-state index in [1.54, 1.807) is 0 Å². The number of hydrogen-bond donors (Lipinski definition) is 0. The average Bonchev–Trinajstić information content (AvgIpc) is 4.04. The van der Waals surface area contributed by atoms with Crippen molar-refractivity contribution in [2.24, 2.45) is 0 Å². The predicted molar refractivity (Wildman–Crippen MR) is 228 cm³/mol. The minimum Gasteiger partial charge on any atom is -0.455 e. The highest BCUT2D eigenvalue weighted by atomic mass is 16.3. The van der Waals surface area contributed by atoms with Crippen molar-refractivity contribution in [2.75, 3.05) is 0 Å². The third kappa shape index (κ3) is 4.32. The van der Waals surface area contributed by atoms with Gasteiger partial charge in [-0.1, -0.05) is 133 Å². The van der Waals surface area contributed by atoms with Crippen LogP contribution in [-0.2, 0) is 0 Å². The molecule has 0 spiro atoms. The van der Waals surface area contributed by atoms with Crippen molar-refractivity contribution in [1.82, 2.24) is 23.9 Å². The van der Waals surface area contributed by atoms with Crippen LogP contribution in [0.25, 0.3) is 105 Å². The quantitative estimate of drug-likeness (QED) is 0.178. The summed E-state index contributed by atoms with van der Waals surface area (Å²) in [6.07, 6.45) is 0. The molecule has 12 rings (SSSR count). The third-order valence-corrected chi connectivity index (χ3v) is 11.2. The molecular weight excluding hydrogens is 687 g/mol. The van der Waals surface area contributed by atoms with E-state index in [1.807, 2.05) is 42.5 Å². The standard InChI is InChI=1S/C50H31N5O/c1-3-16-32(17-4-1)49-51-52-50(33-18-5-2-6-19-33)55(49)43-28-15-27-42-46(43)36-21-7-10-23-38(36)53(42)40-25-12-13-26-41(40)54-39-24-11-8-22-37(39)47-44(54)31-30-35-34-20-9-14-29-45(34)56-48(35)47/h1-31H. The second-order valence-electron chi connectivity index (χ2n) is 14.2. The zero-order valence-electron chi connectivity index (χ0n) is 30.0. The second kappa shape index (κ2) is 11.9. The number of fused-ring (bicyclic) bond motifs is 10. The summed E-state index contributed by atoms with van der Waals surface area (Å²) in [5.41, 5.74) is 11.4. The van der Waals surface area contributed by atoms with E-state index in [1.165, 1.54) is 0 Å². The van der Waals surface area contributed by atoms with Crippen molar-refractivity contribution in [2.45, 2.75) is 0 Å². The lowest BCUT2D eigenvalue weighted by Gasteiger charge is -2.17. The maximum Gasteiger partial charge on any atom is 0.168 e. The first-order valence-corrected chi connectivity index (χ1v) is 18.9. The molecule has 0 aliphatic carbocycles. The highest BCUT2D eigenvalue weighted by Crippen LogP contribution is 2.44. The summed E-state index contributed by atoms with van der Waals surface area (Å²) in [5.74, 6) is 1.58. The molecule has 6 nitrogen and oxygen atoms in total. The molecule has 0 saturated heterocycles. The molecule has 8 aromatic carbocycles. The summed E-state index contributed by atoms with van der Waals surface area (Å²) in [5, 5.41) is 16.4. The molecule has 262 valence electrons. The number of nitrogens with zero attached hydrogens (tertiary/aromatic N) is 5. The summed E-state index contributed by atoms with van der Waals surface area (Å²) >= 11 is 0. The van der Waals surface area contributed by atoms with Gasteiger partial charge in [-0.05, 0) is 54.6 Å². The van der Waals surface area contributed by atoms with Gasteiger partial charge in [-0.15, -0.1) is 10.2 Å². The monoisotopic (exact) mass is 717 g/mol. The van der Waals surface area contributed by atoms with E-state index in [9.17, 15) is 0 Å². The highest BCUT2D eigenvalue weighted by Gasteiger charge is 2.25. The smallest absolute Gasteiger partial charge is 0.168 e. The molecule has 0 bridgehead atoms. The van der Waals surface area contributed by atoms with Gasteiger partial charge >= 0.3 is 0 Å². The van der Waals surface area contributed by atoms with Crippen LogP contribution in [0.2, 0.25) is 0 Å². The fraction of sp³-hybridized carbons (Fsp3) is 0. The van der Waals surface area contributed by atoms with E-state index in [2.05, 4.69) is 159 Å². The Morgan fingerprint density at radius 3 is 1.45 bits per heavy atom. The van der Waals surface area contributed by atoms with Gasteiger partial charge in [-0.3, -0.25) is 4.57 Å². The molecule has 0 amide bonds. The number of benzene rings is 8. The van der Waals surface area contributed by atoms with E-state index in [-0.39, 0.29) is 0 Å². The van der Waals surface area contributed by atoms with Gasteiger partial charge in [0, 0.05) is 38.1 Å². The number of aromatic nitrogens is 5.